The predicted molar refractivity (Wildman–Crippen MR) is 91.5 cm³/mol. The lowest BCUT2D eigenvalue weighted by Gasteiger charge is -2.23. The van der Waals surface area contributed by atoms with E-state index in [-0.39, 0.29) is 0 Å². The number of aromatic amines is 1. The Morgan fingerprint density at radius 2 is 2.00 bits per heavy atom. The van der Waals surface area contributed by atoms with Crippen molar-refractivity contribution in [3.8, 4) is 0 Å². The van der Waals surface area contributed by atoms with Crippen molar-refractivity contribution in [1.82, 2.24) is 9.97 Å². The van der Waals surface area contributed by atoms with Crippen molar-refractivity contribution in [1.29, 1.82) is 0 Å². The second-order valence-electron chi connectivity index (χ2n) is 6.03. The number of anilines is 1. The molecule has 1 aliphatic heterocycles. The molecular formula is C16H16ClN4OS+. The summed E-state index contributed by atoms with van der Waals surface area (Å²) in [6.45, 7) is 3.48. The van der Waals surface area contributed by atoms with Gasteiger partial charge in [-0.15, -0.1) is 0 Å². The summed E-state index contributed by atoms with van der Waals surface area (Å²) in [4.78, 5) is 15.9. The van der Waals surface area contributed by atoms with Gasteiger partial charge in [-0.1, -0.05) is 22.9 Å². The Bertz CT molecular complexity index is 919. The fourth-order valence-corrected chi connectivity index (χ4v) is 5.08. The number of aryl methyl sites for hydroxylation is 1. The van der Waals surface area contributed by atoms with E-state index in [4.69, 9.17) is 16.3 Å². The van der Waals surface area contributed by atoms with Gasteiger partial charge in [0.2, 0.25) is 0 Å². The number of thiophene rings is 1. The molecule has 1 saturated heterocycles. The van der Waals surface area contributed by atoms with Crippen LogP contribution in [0.4, 0.5) is 5.82 Å². The fourth-order valence-electron chi connectivity index (χ4n) is 3.77. The molecule has 0 atom stereocenters. The standard InChI is InChI=1S/C16H15ClN4OS/c17-14-13-12(18-8-19-14)11-9-2-1-3-10(9)15(20-16(11)23-13)21-4-6-22-7-5-21/h8H,1-7H2/p+1. The van der Waals surface area contributed by atoms with E-state index < -0.39 is 0 Å². The lowest BCUT2D eigenvalue weighted by Crippen LogP contribution is -2.40. The predicted octanol–water partition coefficient (Wildman–Crippen LogP) is 2.64. The van der Waals surface area contributed by atoms with Crippen LogP contribution < -0.4 is 9.88 Å². The summed E-state index contributed by atoms with van der Waals surface area (Å²) in [6.07, 6.45) is 5.01. The molecule has 3 aromatic heterocycles. The number of fused-ring (bicyclic) bond motifs is 5. The Hall–Kier alpha value is -1.50. The number of hydrogen-bond donors (Lipinski definition) is 0. The van der Waals surface area contributed by atoms with Crippen LogP contribution >= 0.6 is 22.9 Å². The van der Waals surface area contributed by atoms with Crippen molar-refractivity contribution in [3.63, 3.8) is 0 Å². The third-order valence-electron chi connectivity index (χ3n) is 4.79. The highest BCUT2D eigenvalue weighted by Gasteiger charge is 2.31. The first-order valence-corrected chi connectivity index (χ1v) is 9.15. The van der Waals surface area contributed by atoms with Crippen LogP contribution in [-0.2, 0) is 17.6 Å². The van der Waals surface area contributed by atoms with Crippen LogP contribution in [0.15, 0.2) is 6.33 Å². The normalized spacial score (nSPS) is 18.0. The van der Waals surface area contributed by atoms with Crippen LogP contribution in [0, 0.1) is 0 Å². The van der Waals surface area contributed by atoms with Gasteiger partial charge in [0.15, 0.2) is 4.83 Å². The Morgan fingerprint density at radius 3 is 2.87 bits per heavy atom. The lowest BCUT2D eigenvalue weighted by atomic mass is 10.1. The van der Waals surface area contributed by atoms with Gasteiger partial charge in [-0.25, -0.2) is 15.0 Å². The van der Waals surface area contributed by atoms with Crippen molar-refractivity contribution in [2.75, 3.05) is 31.2 Å². The Labute approximate surface area is 142 Å². The molecule has 0 amide bonds. The van der Waals surface area contributed by atoms with Crippen molar-refractivity contribution < 1.29 is 9.72 Å². The highest BCUT2D eigenvalue weighted by molar-refractivity contribution is 7.25. The molecule has 0 bridgehead atoms. The van der Waals surface area contributed by atoms with E-state index in [9.17, 15) is 0 Å². The Balaban J connectivity index is 1.81. The zero-order valence-corrected chi connectivity index (χ0v) is 14.1. The zero-order chi connectivity index (χ0) is 15.4. The van der Waals surface area contributed by atoms with Gasteiger partial charge in [0.25, 0.3) is 5.82 Å². The summed E-state index contributed by atoms with van der Waals surface area (Å²) in [5, 5.41) is 1.79. The number of pyridine rings is 1. The number of hydrogen-bond acceptors (Lipinski definition) is 5. The number of aromatic nitrogens is 3. The molecule has 118 valence electrons. The number of nitrogens with one attached hydrogen (secondary N) is 1. The van der Waals surface area contributed by atoms with Crippen LogP contribution in [0.2, 0.25) is 5.15 Å². The average Bonchev–Trinajstić information content (AvgIpc) is 3.19. The minimum atomic E-state index is 0.546. The van der Waals surface area contributed by atoms with Crippen molar-refractivity contribution in [2.24, 2.45) is 0 Å². The van der Waals surface area contributed by atoms with Gasteiger partial charge in [-0.05, 0) is 24.8 Å². The summed E-state index contributed by atoms with van der Waals surface area (Å²) >= 11 is 7.95. The first-order chi connectivity index (χ1) is 11.3. The van der Waals surface area contributed by atoms with Gasteiger partial charge in [0.1, 0.15) is 24.6 Å². The molecule has 23 heavy (non-hydrogen) atoms. The average molecular weight is 348 g/mol. The van der Waals surface area contributed by atoms with E-state index >= 15 is 0 Å². The zero-order valence-electron chi connectivity index (χ0n) is 12.6. The maximum Gasteiger partial charge on any atom is 0.279 e. The summed E-state index contributed by atoms with van der Waals surface area (Å²) in [5.41, 5.74) is 3.89. The largest absolute Gasteiger partial charge is 0.373 e. The topological polar surface area (TPSA) is 52.4 Å². The number of rotatable bonds is 1. The molecule has 5 rings (SSSR count). The van der Waals surface area contributed by atoms with Gasteiger partial charge in [0.05, 0.1) is 28.8 Å². The molecule has 1 fully saturated rings. The first-order valence-electron chi connectivity index (χ1n) is 7.95. The van der Waals surface area contributed by atoms with Gasteiger partial charge >= 0.3 is 0 Å². The van der Waals surface area contributed by atoms with Crippen LogP contribution in [-0.4, -0.2) is 36.3 Å². The van der Waals surface area contributed by atoms with Gasteiger partial charge in [0, 0.05) is 5.56 Å². The summed E-state index contributed by atoms with van der Waals surface area (Å²) in [7, 11) is 0. The molecule has 0 radical (unpaired) electrons. The van der Waals surface area contributed by atoms with Crippen molar-refractivity contribution in [3.05, 3.63) is 22.6 Å². The molecule has 0 spiro atoms. The minimum absolute atomic E-state index is 0.546. The van der Waals surface area contributed by atoms with E-state index in [0.717, 1.165) is 54.2 Å². The van der Waals surface area contributed by atoms with E-state index in [1.54, 1.807) is 17.7 Å². The van der Waals surface area contributed by atoms with Gasteiger partial charge in [-0.3, -0.25) is 4.90 Å². The Kier molecular flexibility index (Phi) is 3.18. The Morgan fingerprint density at radius 1 is 1.17 bits per heavy atom. The number of ether oxygens (including phenoxy) is 1. The maximum atomic E-state index is 6.29. The second kappa shape index (κ2) is 5.26. The van der Waals surface area contributed by atoms with Crippen LogP contribution in [0.1, 0.15) is 17.5 Å². The highest BCUT2D eigenvalue weighted by Crippen LogP contribution is 2.41. The second-order valence-corrected chi connectivity index (χ2v) is 7.41. The summed E-state index contributed by atoms with van der Waals surface area (Å²) in [6, 6.07) is 0. The molecule has 0 aromatic carbocycles. The van der Waals surface area contributed by atoms with E-state index in [1.165, 1.54) is 28.8 Å². The minimum Gasteiger partial charge on any atom is -0.373 e. The van der Waals surface area contributed by atoms with Gasteiger partial charge in [-0.2, -0.15) is 0 Å². The van der Waals surface area contributed by atoms with E-state index in [2.05, 4.69) is 19.9 Å². The van der Waals surface area contributed by atoms with Gasteiger partial charge < -0.3 is 4.74 Å². The fraction of sp³-hybridized carbons (Fsp3) is 0.438. The maximum absolute atomic E-state index is 6.29. The molecule has 0 unspecified atom stereocenters. The third kappa shape index (κ3) is 2.05. The molecular weight excluding hydrogens is 332 g/mol. The van der Waals surface area contributed by atoms with Crippen LogP contribution in [0.5, 0.6) is 0 Å². The summed E-state index contributed by atoms with van der Waals surface area (Å²) < 4.78 is 6.48. The van der Waals surface area contributed by atoms with Crippen LogP contribution in [0.25, 0.3) is 20.4 Å². The highest BCUT2D eigenvalue weighted by atomic mass is 35.5. The molecule has 4 heterocycles. The van der Waals surface area contributed by atoms with Crippen LogP contribution in [0.3, 0.4) is 0 Å². The number of nitrogens with zero attached hydrogens (tertiary/aromatic N) is 3. The molecule has 5 nitrogen and oxygen atoms in total. The van der Waals surface area contributed by atoms with E-state index in [1.807, 2.05) is 0 Å². The molecule has 1 aliphatic carbocycles. The first kappa shape index (κ1) is 13.9. The monoisotopic (exact) mass is 347 g/mol. The smallest absolute Gasteiger partial charge is 0.279 e. The lowest BCUT2D eigenvalue weighted by molar-refractivity contribution is -0.328. The third-order valence-corrected chi connectivity index (χ3v) is 6.29. The van der Waals surface area contributed by atoms with Crippen molar-refractivity contribution >= 4 is 49.2 Å². The number of morpholine rings is 1. The number of halogens is 1. The molecule has 2 aliphatic rings. The van der Waals surface area contributed by atoms with E-state index in [0.29, 0.717) is 5.15 Å². The molecule has 3 aromatic rings. The van der Waals surface area contributed by atoms with Crippen molar-refractivity contribution in [2.45, 2.75) is 19.3 Å². The summed E-state index contributed by atoms with van der Waals surface area (Å²) in [5.74, 6) is 1.27. The molecule has 0 saturated carbocycles. The quantitative estimate of drug-likeness (QED) is 0.635. The molecule has 7 heteroatoms. The SMILES string of the molecule is Clc1ncnc2c1sc1[nH+]c(N3CCOCC3)c3c(c12)CCC3. The number of H-pyrrole nitrogens is 1. The molecule has 1 N–H and O–H groups in total.